The molecule has 0 aliphatic rings. The van der Waals surface area contributed by atoms with Crippen molar-refractivity contribution in [2.24, 2.45) is 0 Å². The molecule has 1 amide bonds. The second kappa shape index (κ2) is 7.14. The minimum absolute atomic E-state index is 0.0127. The maximum atomic E-state index is 12.3. The molecule has 0 radical (unpaired) electrons. The summed E-state index contributed by atoms with van der Waals surface area (Å²) in [4.78, 5) is 40.2. The minimum Gasteiger partial charge on any atom is -0.349 e. The number of carbonyl (C=O) groups excluding carboxylic acids is 1. The summed E-state index contributed by atoms with van der Waals surface area (Å²) in [5.74, 6) is -0.00275. The lowest BCUT2D eigenvalue weighted by molar-refractivity contribution is 0.0938. The molecule has 1 atom stereocenters. The fourth-order valence-corrected chi connectivity index (χ4v) is 2.87. The first-order valence-electron chi connectivity index (χ1n) is 7.32. The molecule has 3 aromatic heterocycles. The lowest BCUT2D eigenvalue weighted by Gasteiger charge is -2.12. The van der Waals surface area contributed by atoms with Crippen molar-refractivity contribution >= 4 is 17.2 Å². The maximum Gasteiger partial charge on any atom is 0.264 e. The number of aromatic nitrogens is 4. The summed E-state index contributed by atoms with van der Waals surface area (Å²) in [5.41, 5.74) is 0.296. The number of hydrogen-bond donors (Lipinski definition) is 2. The van der Waals surface area contributed by atoms with Crippen LogP contribution in [0.25, 0.3) is 10.7 Å². The van der Waals surface area contributed by atoms with Gasteiger partial charge in [0.1, 0.15) is 11.4 Å². The lowest BCUT2D eigenvalue weighted by Crippen LogP contribution is -2.37. The Labute approximate surface area is 141 Å². The van der Waals surface area contributed by atoms with Crippen molar-refractivity contribution in [2.75, 3.05) is 0 Å². The fourth-order valence-electron chi connectivity index (χ4n) is 2.20. The quantitative estimate of drug-likeness (QED) is 0.735. The summed E-state index contributed by atoms with van der Waals surface area (Å²) in [6.07, 6.45) is 6.66. The molecule has 3 heterocycles. The second-order valence-electron chi connectivity index (χ2n) is 5.23. The lowest BCUT2D eigenvalue weighted by atomic mass is 10.2. The summed E-state index contributed by atoms with van der Waals surface area (Å²) in [5, 5.41) is 4.67. The third-order valence-electron chi connectivity index (χ3n) is 3.31. The highest BCUT2D eigenvalue weighted by molar-refractivity contribution is 7.13. The SMILES string of the molecule is CC(Cc1cnccn1)NC(=O)c1cnc(-c2cccs2)[nH]c1=O. The molecule has 0 fully saturated rings. The number of hydrogen-bond acceptors (Lipinski definition) is 6. The van der Waals surface area contributed by atoms with Gasteiger partial charge in [-0.15, -0.1) is 11.3 Å². The summed E-state index contributed by atoms with van der Waals surface area (Å²) < 4.78 is 0. The van der Waals surface area contributed by atoms with Crippen molar-refractivity contribution in [2.45, 2.75) is 19.4 Å². The van der Waals surface area contributed by atoms with Crippen molar-refractivity contribution in [1.82, 2.24) is 25.3 Å². The number of nitrogens with one attached hydrogen (secondary N) is 2. The molecule has 0 bridgehead atoms. The predicted molar refractivity (Wildman–Crippen MR) is 90.8 cm³/mol. The van der Waals surface area contributed by atoms with Crippen LogP contribution < -0.4 is 10.9 Å². The third kappa shape index (κ3) is 3.72. The summed E-state index contributed by atoms with van der Waals surface area (Å²) in [6, 6.07) is 3.53. The van der Waals surface area contributed by atoms with E-state index in [1.165, 1.54) is 17.5 Å². The average Bonchev–Trinajstić information content (AvgIpc) is 3.10. The van der Waals surface area contributed by atoms with Gasteiger partial charge in [0.05, 0.1) is 10.6 Å². The maximum absolute atomic E-state index is 12.3. The molecule has 0 saturated heterocycles. The molecule has 122 valence electrons. The van der Waals surface area contributed by atoms with Crippen LogP contribution in [-0.2, 0) is 6.42 Å². The second-order valence-corrected chi connectivity index (χ2v) is 6.17. The van der Waals surface area contributed by atoms with Crippen LogP contribution in [0, 0.1) is 0 Å². The highest BCUT2D eigenvalue weighted by atomic mass is 32.1. The number of H-pyrrole nitrogens is 1. The van der Waals surface area contributed by atoms with E-state index in [9.17, 15) is 9.59 Å². The van der Waals surface area contributed by atoms with E-state index in [0.717, 1.165) is 10.6 Å². The topological polar surface area (TPSA) is 101 Å². The average molecular weight is 341 g/mol. The Morgan fingerprint density at radius 3 is 2.88 bits per heavy atom. The number of nitrogens with zero attached hydrogens (tertiary/aromatic N) is 3. The van der Waals surface area contributed by atoms with Crippen LogP contribution in [0.4, 0.5) is 0 Å². The van der Waals surface area contributed by atoms with Gasteiger partial charge in [-0.1, -0.05) is 6.07 Å². The van der Waals surface area contributed by atoms with Crippen molar-refractivity contribution < 1.29 is 4.79 Å². The van der Waals surface area contributed by atoms with E-state index in [4.69, 9.17) is 0 Å². The van der Waals surface area contributed by atoms with E-state index in [1.807, 2.05) is 24.4 Å². The van der Waals surface area contributed by atoms with Gasteiger partial charge in [-0.05, 0) is 18.4 Å². The summed E-state index contributed by atoms with van der Waals surface area (Å²) in [6.45, 7) is 1.84. The molecule has 0 aliphatic carbocycles. The van der Waals surface area contributed by atoms with Crippen LogP contribution in [0.3, 0.4) is 0 Å². The number of amides is 1. The van der Waals surface area contributed by atoms with Crippen LogP contribution in [-0.4, -0.2) is 31.9 Å². The van der Waals surface area contributed by atoms with Crippen molar-refractivity contribution in [3.8, 4) is 10.7 Å². The van der Waals surface area contributed by atoms with Gasteiger partial charge >= 0.3 is 0 Å². The van der Waals surface area contributed by atoms with Crippen LogP contribution in [0.1, 0.15) is 23.0 Å². The van der Waals surface area contributed by atoms with Gasteiger partial charge in [-0.3, -0.25) is 19.6 Å². The summed E-state index contributed by atoms with van der Waals surface area (Å²) >= 11 is 1.46. The van der Waals surface area contributed by atoms with Gasteiger partial charge in [0, 0.05) is 37.3 Å². The first kappa shape index (κ1) is 16.0. The van der Waals surface area contributed by atoms with Gasteiger partial charge in [-0.25, -0.2) is 4.98 Å². The van der Waals surface area contributed by atoms with Crippen LogP contribution in [0.15, 0.2) is 47.1 Å². The Bertz CT molecular complexity index is 877. The Morgan fingerprint density at radius 1 is 1.33 bits per heavy atom. The van der Waals surface area contributed by atoms with E-state index in [1.54, 1.807) is 18.6 Å². The molecule has 7 nitrogen and oxygen atoms in total. The Kier molecular flexibility index (Phi) is 4.76. The normalized spacial score (nSPS) is 11.9. The fraction of sp³-hybridized carbons (Fsp3) is 0.188. The molecule has 1 unspecified atom stereocenters. The van der Waals surface area contributed by atoms with Crippen molar-refractivity contribution in [3.63, 3.8) is 0 Å². The van der Waals surface area contributed by atoms with E-state index < -0.39 is 11.5 Å². The zero-order valence-electron chi connectivity index (χ0n) is 12.9. The molecule has 24 heavy (non-hydrogen) atoms. The molecule has 8 heteroatoms. The molecule has 0 spiro atoms. The number of carbonyl (C=O) groups is 1. The minimum atomic E-state index is -0.461. The van der Waals surface area contributed by atoms with Gasteiger partial charge in [-0.2, -0.15) is 0 Å². The van der Waals surface area contributed by atoms with Gasteiger partial charge in [0.15, 0.2) is 0 Å². The van der Waals surface area contributed by atoms with Crippen LogP contribution >= 0.6 is 11.3 Å². The number of rotatable bonds is 5. The summed E-state index contributed by atoms with van der Waals surface area (Å²) in [7, 11) is 0. The van der Waals surface area contributed by atoms with E-state index in [0.29, 0.717) is 12.2 Å². The smallest absolute Gasteiger partial charge is 0.264 e. The number of thiophene rings is 1. The van der Waals surface area contributed by atoms with Gasteiger partial charge in [0.2, 0.25) is 0 Å². The predicted octanol–water partition coefficient (Wildman–Crippen LogP) is 1.65. The first-order chi connectivity index (χ1) is 11.6. The molecule has 3 aromatic rings. The first-order valence-corrected chi connectivity index (χ1v) is 8.20. The molecular formula is C16H15N5O2S. The number of aromatic amines is 1. The largest absolute Gasteiger partial charge is 0.349 e. The van der Waals surface area contributed by atoms with E-state index in [2.05, 4.69) is 25.3 Å². The molecular weight excluding hydrogens is 326 g/mol. The van der Waals surface area contributed by atoms with Gasteiger partial charge < -0.3 is 10.3 Å². The molecule has 2 N–H and O–H groups in total. The van der Waals surface area contributed by atoms with Crippen molar-refractivity contribution in [3.05, 3.63) is 63.9 Å². The van der Waals surface area contributed by atoms with Gasteiger partial charge in [0.25, 0.3) is 11.5 Å². The van der Waals surface area contributed by atoms with Crippen LogP contribution in [0.2, 0.25) is 0 Å². The van der Waals surface area contributed by atoms with Crippen molar-refractivity contribution in [1.29, 1.82) is 0 Å². The molecule has 0 saturated carbocycles. The third-order valence-corrected chi connectivity index (χ3v) is 4.18. The highest BCUT2D eigenvalue weighted by Crippen LogP contribution is 2.19. The molecule has 3 rings (SSSR count). The van der Waals surface area contributed by atoms with E-state index in [-0.39, 0.29) is 11.6 Å². The zero-order chi connectivity index (χ0) is 16.9. The Hall–Kier alpha value is -2.87. The monoisotopic (exact) mass is 341 g/mol. The molecule has 0 aromatic carbocycles. The standard InChI is InChI=1S/C16H15N5O2S/c1-10(7-11-8-17-4-5-18-11)20-15(22)12-9-19-14(21-16(12)23)13-3-2-6-24-13/h2-6,8-10H,7H2,1H3,(H,20,22)(H,19,21,23). The van der Waals surface area contributed by atoms with Crippen LogP contribution in [0.5, 0.6) is 0 Å². The van der Waals surface area contributed by atoms with E-state index >= 15 is 0 Å². The Morgan fingerprint density at radius 2 is 2.21 bits per heavy atom. The Balaban J connectivity index is 1.70. The highest BCUT2D eigenvalue weighted by Gasteiger charge is 2.15. The molecule has 0 aliphatic heterocycles. The zero-order valence-corrected chi connectivity index (χ0v) is 13.7.